The molecule has 0 spiro atoms. The van der Waals surface area contributed by atoms with Crippen LogP contribution in [0.25, 0.3) is 0 Å². The Morgan fingerprint density at radius 3 is 2.38 bits per heavy atom. The van der Waals surface area contributed by atoms with Crippen LogP contribution in [0.5, 0.6) is 0 Å². The number of nitrogens with zero attached hydrogens (tertiary/aromatic N) is 1. The molecule has 0 aliphatic rings. The van der Waals surface area contributed by atoms with Crippen LogP contribution in [0.2, 0.25) is 0 Å². The maximum atomic E-state index is 10.8. The van der Waals surface area contributed by atoms with Gasteiger partial charge in [-0.1, -0.05) is 26.7 Å². The van der Waals surface area contributed by atoms with Crippen molar-refractivity contribution >= 4 is 22.3 Å². The maximum Gasteiger partial charge on any atom is 0.357 e. The summed E-state index contributed by atoms with van der Waals surface area (Å²) in [6.07, 6.45) is 4.23. The van der Waals surface area contributed by atoms with E-state index >= 15 is 0 Å². The predicted molar refractivity (Wildman–Crippen MR) is 66.0 cm³/mol. The van der Waals surface area contributed by atoms with Crippen LogP contribution in [0.15, 0.2) is 0 Å². The van der Waals surface area contributed by atoms with Crippen LogP contribution in [0.1, 0.15) is 60.9 Å². The first-order chi connectivity index (χ1) is 7.60. The Morgan fingerprint density at radius 1 is 1.44 bits per heavy atom. The highest BCUT2D eigenvalue weighted by molar-refractivity contribution is 7.16. The van der Waals surface area contributed by atoms with Crippen LogP contribution < -0.4 is 5.73 Å². The fraction of sp³-hybridized carbons (Fsp3) is 0.636. The van der Waals surface area contributed by atoms with Gasteiger partial charge < -0.3 is 10.8 Å². The number of carboxylic acid groups (broad SMARTS) is 1. The number of nitrogens with two attached hydrogens (primary N) is 1. The summed E-state index contributed by atoms with van der Waals surface area (Å²) in [5.41, 5.74) is 5.66. The smallest absolute Gasteiger partial charge is 0.357 e. The third kappa shape index (κ3) is 2.95. The van der Waals surface area contributed by atoms with Crippen LogP contribution in [0, 0.1) is 0 Å². The fourth-order valence-corrected chi connectivity index (χ4v) is 2.76. The number of anilines is 1. The Kier molecular flexibility index (Phi) is 4.73. The van der Waals surface area contributed by atoms with Crippen LogP contribution in [0.4, 0.5) is 5.00 Å². The number of aromatic nitrogens is 1. The van der Waals surface area contributed by atoms with Gasteiger partial charge in [0.05, 0.1) is 5.01 Å². The van der Waals surface area contributed by atoms with Gasteiger partial charge in [-0.05, 0) is 12.8 Å². The van der Waals surface area contributed by atoms with E-state index in [-0.39, 0.29) is 5.69 Å². The Hall–Kier alpha value is -1.10. The summed E-state index contributed by atoms with van der Waals surface area (Å²) in [5.74, 6) is -0.679. The molecule has 0 amide bonds. The van der Waals surface area contributed by atoms with Gasteiger partial charge in [0.25, 0.3) is 0 Å². The van der Waals surface area contributed by atoms with Crippen molar-refractivity contribution in [2.75, 3.05) is 5.73 Å². The lowest BCUT2D eigenvalue weighted by Gasteiger charge is -2.11. The lowest BCUT2D eigenvalue weighted by molar-refractivity contribution is 0.0692. The van der Waals surface area contributed by atoms with Crippen LogP contribution in [-0.4, -0.2) is 16.1 Å². The third-order valence-electron chi connectivity index (χ3n) is 2.50. The number of carboxylic acids is 1. The summed E-state index contributed by atoms with van der Waals surface area (Å²) in [7, 11) is 0. The quantitative estimate of drug-likeness (QED) is 0.803. The van der Waals surface area contributed by atoms with Gasteiger partial charge in [0.2, 0.25) is 0 Å². The molecule has 3 N–H and O–H groups in total. The molecule has 0 aromatic carbocycles. The molecule has 1 rings (SSSR count). The van der Waals surface area contributed by atoms with Gasteiger partial charge in [-0.25, -0.2) is 9.78 Å². The number of thiazole rings is 1. The maximum absolute atomic E-state index is 10.8. The Bertz CT molecular complexity index is 357. The molecule has 0 fully saturated rings. The molecule has 0 aliphatic carbocycles. The second-order valence-corrected chi connectivity index (χ2v) is 4.91. The summed E-state index contributed by atoms with van der Waals surface area (Å²) >= 11 is 1.32. The molecule has 1 heterocycles. The molecule has 0 saturated carbocycles. The summed E-state index contributed by atoms with van der Waals surface area (Å²) in [6.45, 7) is 4.25. The minimum absolute atomic E-state index is 0.0113. The molecular formula is C11H18N2O2S. The Balaban J connectivity index is 2.92. The van der Waals surface area contributed by atoms with E-state index in [0.29, 0.717) is 10.9 Å². The van der Waals surface area contributed by atoms with Crippen molar-refractivity contribution in [3.05, 3.63) is 10.7 Å². The van der Waals surface area contributed by atoms with Gasteiger partial charge in [-0.15, -0.1) is 11.3 Å². The minimum atomic E-state index is -1.04. The van der Waals surface area contributed by atoms with E-state index in [1.165, 1.54) is 11.3 Å². The van der Waals surface area contributed by atoms with Gasteiger partial charge in [0, 0.05) is 5.92 Å². The molecule has 4 nitrogen and oxygen atoms in total. The van der Waals surface area contributed by atoms with Gasteiger partial charge in [0.15, 0.2) is 5.69 Å². The molecule has 1 aromatic heterocycles. The zero-order valence-corrected chi connectivity index (χ0v) is 10.5. The van der Waals surface area contributed by atoms with E-state index < -0.39 is 5.97 Å². The second-order valence-electron chi connectivity index (χ2n) is 3.84. The fourth-order valence-electron chi connectivity index (χ4n) is 1.77. The number of hydrogen-bond acceptors (Lipinski definition) is 4. The van der Waals surface area contributed by atoms with Crippen molar-refractivity contribution < 1.29 is 9.90 Å². The highest BCUT2D eigenvalue weighted by Gasteiger charge is 2.20. The molecule has 0 unspecified atom stereocenters. The van der Waals surface area contributed by atoms with E-state index in [9.17, 15) is 4.79 Å². The molecule has 0 bridgehead atoms. The van der Waals surface area contributed by atoms with Crippen molar-refractivity contribution in [2.24, 2.45) is 0 Å². The monoisotopic (exact) mass is 242 g/mol. The van der Waals surface area contributed by atoms with E-state index in [1.54, 1.807) is 0 Å². The summed E-state index contributed by atoms with van der Waals surface area (Å²) in [6, 6.07) is 0. The van der Waals surface area contributed by atoms with E-state index in [0.717, 1.165) is 30.7 Å². The third-order valence-corrected chi connectivity index (χ3v) is 3.54. The summed E-state index contributed by atoms with van der Waals surface area (Å²) < 4.78 is 0. The first kappa shape index (κ1) is 13.0. The first-order valence-corrected chi connectivity index (χ1v) is 6.41. The van der Waals surface area contributed by atoms with E-state index in [2.05, 4.69) is 18.8 Å². The zero-order valence-electron chi connectivity index (χ0n) is 9.69. The van der Waals surface area contributed by atoms with Crippen molar-refractivity contribution in [2.45, 2.75) is 45.4 Å². The van der Waals surface area contributed by atoms with Crippen LogP contribution in [-0.2, 0) is 0 Å². The number of hydrogen-bond donors (Lipinski definition) is 2. The average Bonchev–Trinajstić information content (AvgIpc) is 2.60. The van der Waals surface area contributed by atoms with Crippen LogP contribution >= 0.6 is 11.3 Å². The number of rotatable bonds is 6. The number of carbonyl (C=O) groups is 1. The van der Waals surface area contributed by atoms with E-state index in [1.807, 2.05) is 0 Å². The molecule has 0 radical (unpaired) electrons. The van der Waals surface area contributed by atoms with Crippen molar-refractivity contribution in [1.29, 1.82) is 0 Å². The molecule has 16 heavy (non-hydrogen) atoms. The largest absolute Gasteiger partial charge is 0.476 e. The topological polar surface area (TPSA) is 76.2 Å². The molecule has 1 aromatic rings. The molecule has 5 heteroatoms. The van der Waals surface area contributed by atoms with E-state index in [4.69, 9.17) is 10.8 Å². The normalized spacial score (nSPS) is 10.9. The highest BCUT2D eigenvalue weighted by Crippen LogP contribution is 2.32. The van der Waals surface area contributed by atoms with Crippen LogP contribution in [0.3, 0.4) is 0 Å². The molecule has 90 valence electrons. The van der Waals surface area contributed by atoms with Gasteiger partial charge >= 0.3 is 5.97 Å². The zero-order chi connectivity index (χ0) is 12.1. The highest BCUT2D eigenvalue weighted by atomic mass is 32.1. The standard InChI is InChI=1S/C11H18N2O2S/c1-3-5-7(6-4-2)10-13-8(11(14)15)9(12)16-10/h7H,3-6,12H2,1-2H3,(H,14,15). The Labute approximate surface area is 99.5 Å². The number of aromatic carboxylic acids is 1. The number of nitrogen functional groups attached to an aromatic ring is 1. The summed E-state index contributed by atoms with van der Waals surface area (Å²) in [5, 5.41) is 10.1. The first-order valence-electron chi connectivity index (χ1n) is 5.59. The summed E-state index contributed by atoms with van der Waals surface area (Å²) in [4.78, 5) is 15.0. The predicted octanol–water partition coefficient (Wildman–Crippen LogP) is 3.11. The lowest BCUT2D eigenvalue weighted by Crippen LogP contribution is -2.02. The second kappa shape index (κ2) is 5.84. The van der Waals surface area contributed by atoms with Crippen molar-refractivity contribution in [1.82, 2.24) is 4.98 Å². The minimum Gasteiger partial charge on any atom is -0.476 e. The Morgan fingerprint density at radius 2 is 2.00 bits per heavy atom. The van der Waals surface area contributed by atoms with Gasteiger partial charge in [-0.2, -0.15) is 0 Å². The average molecular weight is 242 g/mol. The molecule has 0 saturated heterocycles. The molecule has 0 atom stereocenters. The molecular weight excluding hydrogens is 224 g/mol. The molecule has 0 aliphatic heterocycles. The van der Waals surface area contributed by atoms with Gasteiger partial charge in [-0.3, -0.25) is 0 Å². The van der Waals surface area contributed by atoms with Crippen molar-refractivity contribution in [3.63, 3.8) is 0 Å². The van der Waals surface area contributed by atoms with Crippen molar-refractivity contribution in [3.8, 4) is 0 Å². The SMILES string of the molecule is CCCC(CCC)c1nc(C(=O)O)c(N)s1. The lowest BCUT2D eigenvalue weighted by atomic mass is 9.99. The van der Waals surface area contributed by atoms with Gasteiger partial charge in [0.1, 0.15) is 5.00 Å².